The van der Waals surface area contributed by atoms with E-state index in [0.29, 0.717) is 18.7 Å². The Morgan fingerprint density at radius 3 is 2.91 bits per heavy atom. The summed E-state index contributed by atoms with van der Waals surface area (Å²) in [7, 11) is 0. The quantitative estimate of drug-likeness (QED) is 0.768. The van der Waals surface area contributed by atoms with Crippen LogP contribution in [0.3, 0.4) is 0 Å². The van der Waals surface area contributed by atoms with Gasteiger partial charge in [-0.05, 0) is 26.9 Å². The number of hydrogen-bond donors (Lipinski definition) is 2. The zero-order valence-electron chi connectivity index (χ0n) is 14.2. The molecule has 3 aliphatic rings. The molecule has 0 saturated carbocycles. The number of rotatable bonds is 4. The third kappa shape index (κ3) is 4.22. The van der Waals surface area contributed by atoms with Gasteiger partial charge in [0.05, 0.1) is 12.2 Å². The standard InChI is InChI=1S/C16H28N4O3/c1-15(2)12-20(9-10-22-15)8-7-18-14(21)13-11-16(23-19-13)3-5-17-6-4-16/h17H,3-12H2,1-2H3,(H,18,21). The second-order valence-corrected chi connectivity index (χ2v) is 7.38. The van der Waals surface area contributed by atoms with Gasteiger partial charge in [0.15, 0.2) is 0 Å². The van der Waals surface area contributed by atoms with Gasteiger partial charge in [-0.25, -0.2) is 0 Å². The fourth-order valence-corrected chi connectivity index (χ4v) is 3.53. The molecule has 7 heteroatoms. The van der Waals surface area contributed by atoms with Crippen LogP contribution in [-0.2, 0) is 14.4 Å². The van der Waals surface area contributed by atoms with Gasteiger partial charge in [0.25, 0.3) is 5.91 Å². The molecular weight excluding hydrogens is 296 g/mol. The maximum Gasteiger partial charge on any atom is 0.269 e. The smallest absolute Gasteiger partial charge is 0.269 e. The normalized spacial score (nSPS) is 26.6. The molecule has 7 nitrogen and oxygen atoms in total. The van der Waals surface area contributed by atoms with Crippen molar-refractivity contribution in [3.05, 3.63) is 0 Å². The van der Waals surface area contributed by atoms with Crippen molar-refractivity contribution >= 4 is 11.6 Å². The van der Waals surface area contributed by atoms with E-state index in [1.165, 1.54) is 0 Å². The Kier molecular flexibility index (Phi) is 4.89. The van der Waals surface area contributed by atoms with Crippen LogP contribution in [0.25, 0.3) is 0 Å². The third-order valence-corrected chi connectivity index (χ3v) is 4.83. The maximum atomic E-state index is 12.3. The molecule has 0 aromatic carbocycles. The number of morpholine rings is 1. The van der Waals surface area contributed by atoms with E-state index in [-0.39, 0.29) is 17.1 Å². The molecule has 0 aromatic rings. The number of hydrogen-bond acceptors (Lipinski definition) is 6. The van der Waals surface area contributed by atoms with Crippen molar-refractivity contribution in [1.82, 2.24) is 15.5 Å². The summed E-state index contributed by atoms with van der Waals surface area (Å²) >= 11 is 0. The van der Waals surface area contributed by atoms with Gasteiger partial charge in [-0.1, -0.05) is 5.16 Å². The first-order valence-corrected chi connectivity index (χ1v) is 8.58. The number of amides is 1. The molecule has 23 heavy (non-hydrogen) atoms. The zero-order chi connectivity index (χ0) is 16.3. The van der Waals surface area contributed by atoms with Gasteiger partial charge < -0.3 is 20.2 Å². The molecule has 0 aromatic heterocycles. The fraction of sp³-hybridized carbons (Fsp3) is 0.875. The van der Waals surface area contributed by atoms with Gasteiger partial charge in [0.2, 0.25) is 0 Å². The van der Waals surface area contributed by atoms with E-state index in [4.69, 9.17) is 9.57 Å². The predicted molar refractivity (Wildman–Crippen MR) is 87.5 cm³/mol. The molecule has 0 unspecified atom stereocenters. The van der Waals surface area contributed by atoms with E-state index in [0.717, 1.165) is 52.2 Å². The molecule has 130 valence electrons. The number of carbonyl (C=O) groups is 1. The molecule has 0 bridgehead atoms. The van der Waals surface area contributed by atoms with Crippen LogP contribution >= 0.6 is 0 Å². The molecular formula is C16H28N4O3. The lowest BCUT2D eigenvalue weighted by Crippen LogP contribution is -2.50. The molecule has 3 rings (SSSR count). The topological polar surface area (TPSA) is 75.2 Å². The summed E-state index contributed by atoms with van der Waals surface area (Å²) in [6.07, 6.45) is 2.46. The third-order valence-electron chi connectivity index (χ3n) is 4.83. The van der Waals surface area contributed by atoms with Gasteiger partial charge in [-0.3, -0.25) is 9.69 Å². The summed E-state index contributed by atoms with van der Waals surface area (Å²) < 4.78 is 5.70. The lowest BCUT2D eigenvalue weighted by Gasteiger charge is -2.38. The number of ether oxygens (including phenoxy) is 1. The Balaban J connectivity index is 1.40. The highest BCUT2D eigenvalue weighted by Crippen LogP contribution is 2.32. The van der Waals surface area contributed by atoms with Crippen LogP contribution in [0.5, 0.6) is 0 Å². The van der Waals surface area contributed by atoms with Crippen LogP contribution in [-0.4, -0.2) is 73.6 Å². The first-order chi connectivity index (χ1) is 11.0. The number of carbonyl (C=O) groups excluding carboxylic acids is 1. The first-order valence-electron chi connectivity index (χ1n) is 8.58. The van der Waals surface area contributed by atoms with Crippen molar-refractivity contribution < 1.29 is 14.4 Å². The van der Waals surface area contributed by atoms with E-state index in [2.05, 4.69) is 34.5 Å². The Morgan fingerprint density at radius 2 is 2.17 bits per heavy atom. The van der Waals surface area contributed by atoms with Gasteiger partial charge in [0.1, 0.15) is 11.3 Å². The highest BCUT2D eigenvalue weighted by atomic mass is 16.7. The van der Waals surface area contributed by atoms with Gasteiger partial charge >= 0.3 is 0 Å². The molecule has 1 amide bonds. The summed E-state index contributed by atoms with van der Waals surface area (Å²) in [4.78, 5) is 20.2. The molecule has 2 saturated heterocycles. The lowest BCUT2D eigenvalue weighted by molar-refractivity contribution is -0.115. The number of piperidine rings is 1. The van der Waals surface area contributed by atoms with Gasteiger partial charge in [-0.2, -0.15) is 0 Å². The van der Waals surface area contributed by atoms with Crippen molar-refractivity contribution in [2.24, 2.45) is 5.16 Å². The van der Waals surface area contributed by atoms with Gasteiger partial charge in [0, 0.05) is 45.4 Å². The molecule has 3 heterocycles. The molecule has 2 N–H and O–H groups in total. The lowest BCUT2D eigenvalue weighted by atomic mass is 9.87. The minimum absolute atomic E-state index is 0.0899. The minimum Gasteiger partial charge on any atom is -0.388 e. The average Bonchev–Trinajstić information content (AvgIpc) is 2.91. The second-order valence-electron chi connectivity index (χ2n) is 7.38. The van der Waals surface area contributed by atoms with Crippen LogP contribution in [0.4, 0.5) is 0 Å². The Morgan fingerprint density at radius 1 is 1.39 bits per heavy atom. The molecule has 2 fully saturated rings. The van der Waals surface area contributed by atoms with Gasteiger partial charge in [-0.15, -0.1) is 0 Å². The monoisotopic (exact) mass is 324 g/mol. The summed E-state index contributed by atoms with van der Waals surface area (Å²) in [6, 6.07) is 0. The average molecular weight is 324 g/mol. The highest BCUT2D eigenvalue weighted by Gasteiger charge is 2.42. The molecule has 3 aliphatic heterocycles. The second kappa shape index (κ2) is 6.75. The summed E-state index contributed by atoms with van der Waals surface area (Å²) in [5.74, 6) is -0.0899. The Labute approximate surface area is 137 Å². The van der Waals surface area contributed by atoms with Crippen LogP contribution in [0, 0.1) is 0 Å². The number of nitrogens with one attached hydrogen (secondary N) is 2. The fourth-order valence-electron chi connectivity index (χ4n) is 3.53. The van der Waals surface area contributed by atoms with Crippen molar-refractivity contribution in [3.8, 4) is 0 Å². The van der Waals surface area contributed by atoms with E-state index < -0.39 is 0 Å². The summed E-state index contributed by atoms with van der Waals surface area (Å²) in [5, 5.41) is 10.3. The predicted octanol–water partition coefficient (Wildman–Crippen LogP) is 0.112. The summed E-state index contributed by atoms with van der Waals surface area (Å²) in [5.41, 5.74) is 0.188. The van der Waals surface area contributed by atoms with Crippen molar-refractivity contribution in [2.75, 3.05) is 45.9 Å². The number of nitrogens with zero attached hydrogens (tertiary/aromatic N) is 2. The number of oxime groups is 1. The van der Waals surface area contributed by atoms with Crippen LogP contribution in [0.1, 0.15) is 33.1 Å². The minimum atomic E-state index is -0.244. The van der Waals surface area contributed by atoms with Crippen molar-refractivity contribution in [1.29, 1.82) is 0 Å². The molecule has 0 aliphatic carbocycles. The first kappa shape index (κ1) is 16.7. The Bertz CT molecular complexity index is 472. The molecule has 0 atom stereocenters. The zero-order valence-corrected chi connectivity index (χ0v) is 14.2. The largest absolute Gasteiger partial charge is 0.388 e. The SMILES string of the molecule is CC1(C)CN(CCNC(=O)C2=NOC3(CCNCC3)C2)CCO1. The van der Waals surface area contributed by atoms with Crippen molar-refractivity contribution in [2.45, 2.75) is 44.3 Å². The van der Waals surface area contributed by atoms with Crippen LogP contribution < -0.4 is 10.6 Å². The van der Waals surface area contributed by atoms with E-state index >= 15 is 0 Å². The molecule has 0 radical (unpaired) electrons. The maximum absolute atomic E-state index is 12.3. The summed E-state index contributed by atoms with van der Waals surface area (Å²) in [6.45, 7) is 10.1. The van der Waals surface area contributed by atoms with E-state index in [1.807, 2.05) is 0 Å². The highest BCUT2D eigenvalue weighted by molar-refractivity contribution is 6.39. The van der Waals surface area contributed by atoms with Crippen molar-refractivity contribution in [3.63, 3.8) is 0 Å². The Hall–Kier alpha value is -1.18. The van der Waals surface area contributed by atoms with E-state index in [9.17, 15) is 4.79 Å². The van der Waals surface area contributed by atoms with Crippen LogP contribution in [0.2, 0.25) is 0 Å². The van der Waals surface area contributed by atoms with Crippen LogP contribution in [0.15, 0.2) is 5.16 Å². The van der Waals surface area contributed by atoms with E-state index in [1.54, 1.807) is 0 Å². The molecule has 1 spiro atoms.